The molecule has 248 valence electrons. The standard InChI is InChI=1S/C28H54NO12P/c1-27(2,3)40-25(32)23(29-26(33)41-28(4,5)6)21-39-42(34,35)38-20-22(36-7)19-37-18-16-14-12-10-8-9-11-13-15-17-24(30)31/h22-23H,8-21H2,1-7H3,(H,29,33)(H,30,31)(H,34,35). The number of carbonyl (C=O) groups is 3. The predicted octanol–water partition coefficient (Wildman–Crippen LogP) is 5.37. The quantitative estimate of drug-likeness (QED) is 0.0751. The van der Waals surface area contributed by atoms with Crippen molar-refractivity contribution in [3.63, 3.8) is 0 Å². The number of phosphoric acid groups is 1. The highest BCUT2D eigenvalue weighted by Crippen LogP contribution is 2.43. The van der Waals surface area contributed by atoms with Crippen LogP contribution in [0.15, 0.2) is 0 Å². The number of esters is 1. The summed E-state index contributed by atoms with van der Waals surface area (Å²) in [6.07, 6.45) is 7.82. The Morgan fingerprint density at radius 2 is 1.26 bits per heavy atom. The van der Waals surface area contributed by atoms with Crippen molar-refractivity contribution in [1.82, 2.24) is 5.32 Å². The monoisotopic (exact) mass is 627 g/mol. The van der Waals surface area contributed by atoms with Crippen LogP contribution in [0.2, 0.25) is 0 Å². The molecule has 3 N–H and O–H groups in total. The van der Waals surface area contributed by atoms with Gasteiger partial charge in [-0.05, 0) is 54.4 Å². The third kappa shape index (κ3) is 24.8. The van der Waals surface area contributed by atoms with E-state index in [-0.39, 0.29) is 19.6 Å². The lowest BCUT2D eigenvalue weighted by Crippen LogP contribution is -2.48. The van der Waals surface area contributed by atoms with Crippen LogP contribution in [-0.2, 0) is 42.1 Å². The van der Waals surface area contributed by atoms with Crippen molar-refractivity contribution in [2.24, 2.45) is 0 Å². The lowest BCUT2D eigenvalue weighted by molar-refractivity contribution is -0.158. The van der Waals surface area contributed by atoms with E-state index in [0.717, 1.165) is 57.8 Å². The van der Waals surface area contributed by atoms with Gasteiger partial charge < -0.3 is 34.3 Å². The third-order valence-electron chi connectivity index (χ3n) is 5.53. The highest BCUT2D eigenvalue weighted by Gasteiger charge is 2.32. The zero-order valence-corrected chi connectivity index (χ0v) is 27.4. The summed E-state index contributed by atoms with van der Waals surface area (Å²) in [6, 6.07) is -1.42. The maximum absolute atomic E-state index is 12.6. The van der Waals surface area contributed by atoms with Crippen LogP contribution in [0.25, 0.3) is 0 Å². The van der Waals surface area contributed by atoms with E-state index in [1.165, 1.54) is 7.11 Å². The van der Waals surface area contributed by atoms with E-state index < -0.39 is 55.8 Å². The molecule has 0 saturated carbocycles. The summed E-state index contributed by atoms with van der Waals surface area (Å²) in [5.74, 6) is -1.61. The number of phosphoric ester groups is 1. The van der Waals surface area contributed by atoms with Gasteiger partial charge in [0.05, 0.1) is 19.8 Å². The maximum Gasteiger partial charge on any atom is 0.472 e. The molecule has 0 aromatic heterocycles. The van der Waals surface area contributed by atoms with Gasteiger partial charge in [0.2, 0.25) is 0 Å². The van der Waals surface area contributed by atoms with Crippen molar-refractivity contribution < 1.29 is 56.9 Å². The largest absolute Gasteiger partial charge is 0.481 e. The first kappa shape index (κ1) is 40.2. The van der Waals surface area contributed by atoms with Crippen molar-refractivity contribution >= 4 is 25.9 Å². The topological polar surface area (TPSA) is 176 Å². The molecule has 0 rings (SSSR count). The van der Waals surface area contributed by atoms with Crippen molar-refractivity contribution in [1.29, 1.82) is 0 Å². The highest BCUT2D eigenvalue weighted by atomic mass is 31.2. The van der Waals surface area contributed by atoms with Gasteiger partial charge in [0.15, 0.2) is 6.04 Å². The molecule has 13 nitrogen and oxygen atoms in total. The van der Waals surface area contributed by atoms with Crippen molar-refractivity contribution in [3.05, 3.63) is 0 Å². The van der Waals surface area contributed by atoms with Crippen LogP contribution in [0.1, 0.15) is 106 Å². The first-order valence-electron chi connectivity index (χ1n) is 14.6. The number of carboxylic acids is 1. The van der Waals surface area contributed by atoms with E-state index in [1.807, 2.05) is 0 Å². The van der Waals surface area contributed by atoms with E-state index in [2.05, 4.69) is 5.32 Å². The Labute approximate surface area is 250 Å². The number of rotatable bonds is 23. The summed E-state index contributed by atoms with van der Waals surface area (Å²) in [6.45, 7) is 9.53. The van der Waals surface area contributed by atoms with Gasteiger partial charge in [-0.15, -0.1) is 0 Å². The number of unbranched alkanes of at least 4 members (excludes halogenated alkanes) is 8. The first-order valence-corrected chi connectivity index (χ1v) is 16.1. The summed E-state index contributed by atoms with van der Waals surface area (Å²) in [7, 11) is -3.20. The Bertz CT molecular complexity index is 825. The fourth-order valence-corrected chi connectivity index (χ4v) is 4.26. The number of amides is 1. The van der Waals surface area contributed by atoms with Crippen molar-refractivity contribution in [3.8, 4) is 0 Å². The minimum Gasteiger partial charge on any atom is -0.481 e. The van der Waals surface area contributed by atoms with E-state index in [9.17, 15) is 23.8 Å². The van der Waals surface area contributed by atoms with Gasteiger partial charge in [-0.3, -0.25) is 13.8 Å². The molecule has 0 aliphatic heterocycles. The normalized spacial score (nSPS) is 15.0. The molecule has 14 heteroatoms. The number of aliphatic carboxylic acids is 1. The lowest BCUT2D eigenvalue weighted by Gasteiger charge is -2.26. The molecule has 0 spiro atoms. The van der Waals surface area contributed by atoms with E-state index in [0.29, 0.717) is 6.61 Å². The molecular formula is C28H54NO12P. The molecule has 0 saturated heterocycles. The zero-order valence-electron chi connectivity index (χ0n) is 26.5. The Kier molecular flexibility index (Phi) is 20.1. The molecule has 3 atom stereocenters. The van der Waals surface area contributed by atoms with E-state index in [1.54, 1.807) is 41.5 Å². The molecule has 0 heterocycles. The number of hydrogen-bond acceptors (Lipinski definition) is 10. The zero-order chi connectivity index (χ0) is 32.2. The summed E-state index contributed by atoms with van der Waals surface area (Å²) in [4.78, 5) is 45.4. The fourth-order valence-electron chi connectivity index (χ4n) is 3.49. The van der Waals surface area contributed by atoms with Crippen LogP contribution in [0.4, 0.5) is 4.79 Å². The SMILES string of the molecule is COC(COCCCCCCCCCCCC(=O)O)COP(=O)(O)OCC(NC(=O)OC(C)(C)C)C(=O)OC(C)(C)C. The number of nitrogens with one attached hydrogen (secondary N) is 1. The van der Waals surface area contributed by atoms with Gasteiger partial charge in [0.25, 0.3) is 0 Å². The van der Waals surface area contributed by atoms with Gasteiger partial charge in [-0.2, -0.15) is 0 Å². The van der Waals surface area contributed by atoms with Crippen LogP contribution in [0, 0.1) is 0 Å². The summed E-state index contributed by atoms with van der Waals surface area (Å²) >= 11 is 0. The smallest absolute Gasteiger partial charge is 0.472 e. The van der Waals surface area contributed by atoms with Gasteiger partial charge >= 0.3 is 25.9 Å². The average Bonchev–Trinajstić information content (AvgIpc) is 2.84. The van der Waals surface area contributed by atoms with Gasteiger partial charge in [-0.25, -0.2) is 14.2 Å². The number of carboxylic acid groups (broad SMARTS) is 1. The van der Waals surface area contributed by atoms with Crippen LogP contribution in [0.3, 0.4) is 0 Å². The van der Waals surface area contributed by atoms with Crippen LogP contribution in [0.5, 0.6) is 0 Å². The predicted molar refractivity (Wildman–Crippen MR) is 156 cm³/mol. The van der Waals surface area contributed by atoms with E-state index in [4.69, 9.17) is 33.1 Å². The lowest BCUT2D eigenvalue weighted by atomic mass is 10.1. The number of alkyl carbamates (subject to hydrolysis) is 1. The van der Waals surface area contributed by atoms with Gasteiger partial charge in [0, 0.05) is 20.1 Å². The molecule has 3 unspecified atom stereocenters. The average molecular weight is 628 g/mol. The molecule has 0 aliphatic rings. The fraction of sp³-hybridized carbons (Fsp3) is 0.893. The van der Waals surface area contributed by atoms with Crippen LogP contribution < -0.4 is 5.32 Å². The minimum absolute atomic E-state index is 0.146. The molecule has 0 fully saturated rings. The Hall–Kier alpha value is -1.76. The Morgan fingerprint density at radius 3 is 1.76 bits per heavy atom. The molecule has 0 bridgehead atoms. The summed E-state index contributed by atoms with van der Waals surface area (Å²) in [5, 5.41) is 10.9. The molecule has 42 heavy (non-hydrogen) atoms. The second kappa shape index (κ2) is 21.0. The van der Waals surface area contributed by atoms with Crippen molar-refractivity contribution in [2.45, 2.75) is 129 Å². The molecule has 1 amide bonds. The molecular weight excluding hydrogens is 573 g/mol. The number of hydrogen-bond donors (Lipinski definition) is 3. The molecule has 0 radical (unpaired) electrons. The minimum atomic E-state index is -4.62. The highest BCUT2D eigenvalue weighted by molar-refractivity contribution is 7.47. The Morgan fingerprint density at radius 1 is 0.762 bits per heavy atom. The molecule has 0 aromatic carbocycles. The molecule has 0 aliphatic carbocycles. The number of methoxy groups -OCH3 is 1. The molecule has 0 aromatic rings. The third-order valence-corrected chi connectivity index (χ3v) is 6.48. The van der Waals surface area contributed by atoms with Gasteiger partial charge in [-0.1, -0.05) is 44.9 Å². The number of carbonyl (C=O) groups excluding carboxylic acids is 2. The maximum atomic E-state index is 12.6. The second-order valence-corrected chi connectivity index (χ2v) is 13.5. The van der Waals surface area contributed by atoms with Crippen molar-refractivity contribution in [2.75, 3.05) is 33.5 Å². The van der Waals surface area contributed by atoms with Gasteiger partial charge in [0.1, 0.15) is 17.3 Å². The van der Waals surface area contributed by atoms with Crippen LogP contribution in [-0.4, -0.2) is 84.9 Å². The first-order chi connectivity index (χ1) is 19.4. The Balaban J connectivity index is 4.38. The van der Waals surface area contributed by atoms with E-state index >= 15 is 0 Å². The van der Waals surface area contributed by atoms with Crippen LogP contribution >= 0.6 is 7.82 Å². The second-order valence-electron chi connectivity index (χ2n) is 12.1. The summed E-state index contributed by atoms with van der Waals surface area (Å²) in [5.41, 5.74) is -1.70. The summed E-state index contributed by atoms with van der Waals surface area (Å²) < 4.78 is 43.8. The number of ether oxygens (including phenoxy) is 4.